The maximum Gasteiger partial charge on any atom is 0.338 e. The van der Waals surface area contributed by atoms with E-state index < -0.39 is 22.1 Å². The van der Waals surface area contributed by atoms with Crippen molar-refractivity contribution >= 4 is 21.8 Å². The second-order valence-electron chi connectivity index (χ2n) is 6.40. The SMILES string of the molecule is CNS(=O)(=O)c1cccc(C(=O)O[C@H](C)C(=O)c2cc(C)c(C)cc2C)c1. The predicted molar refractivity (Wildman–Crippen MR) is 103 cm³/mol. The Hall–Kier alpha value is -2.51. The van der Waals surface area contributed by atoms with Gasteiger partial charge in [0, 0.05) is 5.56 Å². The minimum absolute atomic E-state index is 0.0524. The van der Waals surface area contributed by atoms with Crippen LogP contribution in [-0.4, -0.2) is 33.3 Å². The smallest absolute Gasteiger partial charge is 0.338 e. The standard InChI is InChI=1S/C20H23NO5S/c1-12-9-14(3)18(10-13(12)2)19(22)15(4)26-20(23)16-7-6-8-17(11-16)27(24,25)21-5/h6-11,15,21H,1-5H3/t15-/m1/s1. The molecule has 0 heterocycles. The third kappa shape index (κ3) is 4.61. The van der Waals surface area contributed by atoms with Gasteiger partial charge in [0.15, 0.2) is 6.10 Å². The summed E-state index contributed by atoms with van der Waals surface area (Å²) in [6.45, 7) is 7.21. The van der Waals surface area contributed by atoms with Gasteiger partial charge in [-0.15, -0.1) is 0 Å². The minimum Gasteiger partial charge on any atom is -0.451 e. The van der Waals surface area contributed by atoms with Crippen molar-refractivity contribution < 1.29 is 22.7 Å². The van der Waals surface area contributed by atoms with Gasteiger partial charge in [0.25, 0.3) is 0 Å². The quantitative estimate of drug-likeness (QED) is 0.606. The van der Waals surface area contributed by atoms with Crippen LogP contribution in [0.5, 0.6) is 0 Å². The van der Waals surface area contributed by atoms with Gasteiger partial charge >= 0.3 is 5.97 Å². The number of ether oxygens (including phenoxy) is 1. The van der Waals surface area contributed by atoms with Gasteiger partial charge in [-0.2, -0.15) is 0 Å². The fraction of sp³-hybridized carbons (Fsp3) is 0.300. The van der Waals surface area contributed by atoms with Crippen molar-refractivity contribution in [1.29, 1.82) is 0 Å². The highest BCUT2D eigenvalue weighted by Crippen LogP contribution is 2.19. The van der Waals surface area contributed by atoms with Crippen LogP contribution < -0.4 is 4.72 Å². The number of Topliss-reactive ketones (excluding diaryl/α,β-unsaturated/α-hetero) is 1. The zero-order chi connectivity index (χ0) is 20.4. The Kier molecular flexibility index (Phi) is 6.18. The van der Waals surface area contributed by atoms with Crippen LogP contribution in [0.4, 0.5) is 0 Å². The van der Waals surface area contributed by atoms with Crippen molar-refractivity contribution in [3.63, 3.8) is 0 Å². The Morgan fingerprint density at radius 1 is 1.00 bits per heavy atom. The number of hydrogen-bond acceptors (Lipinski definition) is 5. The molecule has 1 N–H and O–H groups in total. The number of nitrogens with one attached hydrogen (secondary N) is 1. The second-order valence-corrected chi connectivity index (χ2v) is 8.29. The van der Waals surface area contributed by atoms with E-state index >= 15 is 0 Å². The van der Waals surface area contributed by atoms with Crippen LogP contribution in [0.25, 0.3) is 0 Å². The van der Waals surface area contributed by atoms with Crippen LogP contribution in [0, 0.1) is 20.8 Å². The summed E-state index contributed by atoms with van der Waals surface area (Å²) < 4.78 is 31.2. The summed E-state index contributed by atoms with van der Waals surface area (Å²) in [6.07, 6.45) is -0.997. The Balaban J connectivity index is 2.22. The minimum atomic E-state index is -3.68. The number of carbonyl (C=O) groups is 2. The van der Waals surface area contributed by atoms with Gasteiger partial charge in [0.1, 0.15) is 0 Å². The van der Waals surface area contributed by atoms with Crippen molar-refractivity contribution in [2.24, 2.45) is 0 Å². The zero-order valence-electron chi connectivity index (χ0n) is 16.0. The molecule has 0 radical (unpaired) electrons. The van der Waals surface area contributed by atoms with E-state index in [0.717, 1.165) is 16.7 Å². The van der Waals surface area contributed by atoms with Crippen LogP contribution >= 0.6 is 0 Å². The summed E-state index contributed by atoms with van der Waals surface area (Å²) in [4.78, 5) is 25.0. The van der Waals surface area contributed by atoms with Gasteiger partial charge in [-0.05, 0) is 75.7 Å². The van der Waals surface area contributed by atoms with Gasteiger partial charge in [-0.25, -0.2) is 17.9 Å². The molecule has 6 nitrogen and oxygen atoms in total. The average Bonchev–Trinajstić information content (AvgIpc) is 2.64. The lowest BCUT2D eigenvalue weighted by Crippen LogP contribution is -2.25. The number of ketones is 1. The van der Waals surface area contributed by atoms with Crippen LogP contribution in [0.15, 0.2) is 41.3 Å². The predicted octanol–water partition coefficient (Wildman–Crippen LogP) is 2.95. The first-order chi connectivity index (χ1) is 12.6. The van der Waals surface area contributed by atoms with Crippen LogP contribution in [-0.2, 0) is 14.8 Å². The number of carbonyl (C=O) groups excluding carboxylic acids is 2. The van der Waals surface area contributed by atoms with Gasteiger partial charge < -0.3 is 4.74 Å². The van der Waals surface area contributed by atoms with E-state index in [1.54, 1.807) is 6.07 Å². The first-order valence-corrected chi connectivity index (χ1v) is 9.91. The molecule has 0 spiro atoms. The number of aryl methyl sites for hydroxylation is 3. The summed E-state index contributed by atoms with van der Waals surface area (Å²) in [5.74, 6) is -1.06. The average molecular weight is 389 g/mol. The fourth-order valence-electron chi connectivity index (χ4n) is 2.64. The molecule has 0 bridgehead atoms. The Bertz CT molecular complexity index is 995. The molecule has 0 aromatic heterocycles. The molecule has 0 aliphatic heterocycles. The summed E-state index contributed by atoms with van der Waals surface area (Å²) in [5.41, 5.74) is 3.43. The number of hydrogen-bond donors (Lipinski definition) is 1. The number of esters is 1. The Labute approximate surface area is 159 Å². The highest BCUT2D eigenvalue weighted by Gasteiger charge is 2.23. The van der Waals surface area contributed by atoms with E-state index in [4.69, 9.17) is 4.74 Å². The first-order valence-electron chi connectivity index (χ1n) is 8.43. The highest BCUT2D eigenvalue weighted by molar-refractivity contribution is 7.89. The second kappa shape index (κ2) is 8.02. The molecule has 1 atom stereocenters. The molecule has 27 heavy (non-hydrogen) atoms. The van der Waals surface area contributed by atoms with Crippen molar-refractivity contribution in [3.05, 3.63) is 64.2 Å². The normalized spacial score (nSPS) is 12.5. The van der Waals surface area contributed by atoms with Gasteiger partial charge in [0.2, 0.25) is 15.8 Å². The van der Waals surface area contributed by atoms with Gasteiger partial charge in [-0.1, -0.05) is 12.1 Å². The molecule has 0 saturated carbocycles. The fourth-order valence-corrected chi connectivity index (χ4v) is 3.41. The lowest BCUT2D eigenvalue weighted by Gasteiger charge is -2.15. The molecule has 2 rings (SSSR count). The third-order valence-electron chi connectivity index (χ3n) is 4.41. The van der Waals surface area contributed by atoms with Crippen molar-refractivity contribution in [2.75, 3.05) is 7.05 Å². The van der Waals surface area contributed by atoms with Crippen molar-refractivity contribution in [3.8, 4) is 0 Å². The van der Waals surface area contributed by atoms with Crippen molar-refractivity contribution in [2.45, 2.75) is 38.7 Å². The summed E-state index contributed by atoms with van der Waals surface area (Å²) in [5, 5.41) is 0. The summed E-state index contributed by atoms with van der Waals surface area (Å²) >= 11 is 0. The maximum absolute atomic E-state index is 12.7. The summed E-state index contributed by atoms with van der Waals surface area (Å²) in [7, 11) is -2.40. The Morgan fingerprint density at radius 3 is 2.26 bits per heavy atom. The molecule has 0 amide bonds. The maximum atomic E-state index is 12.7. The molecule has 0 saturated heterocycles. The number of sulfonamides is 1. The topological polar surface area (TPSA) is 89.5 Å². The Morgan fingerprint density at radius 2 is 1.63 bits per heavy atom. The molecular weight excluding hydrogens is 366 g/mol. The van der Waals surface area contributed by atoms with E-state index in [1.807, 2.05) is 26.8 Å². The molecule has 144 valence electrons. The molecule has 7 heteroatoms. The van der Waals surface area contributed by atoms with Crippen LogP contribution in [0.3, 0.4) is 0 Å². The molecular formula is C20H23NO5S. The van der Waals surface area contributed by atoms with Crippen LogP contribution in [0.1, 0.15) is 44.3 Å². The molecule has 0 aliphatic carbocycles. The van der Waals surface area contributed by atoms with Gasteiger partial charge in [-0.3, -0.25) is 4.79 Å². The summed E-state index contributed by atoms with van der Waals surface area (Å²) in [6, 6.07) is 9.18. The molecule has 0 unspecified atom stereocenters. The van der Waals surface area contributed by atoms with Crippen molar-refractivity contribution in [1.82, 2.24) is 4.72 Å². The van der Waals surface area contributed by atoms with E-state index in [-0.39, 0.29) is 16.2 Å². The lowest BCUT2D eigenvalue weighted by molar-refractivity contribution is 0.0318. The molecule has 2 aromatic rings. The van der Waals surface area contributed by atoms with E-state index in [0.29, 0.717) is 5.56 Å². The van der Waals surface area contributed by atoms with E-state index in [2.05, 4.69) is 4.72 Å². The van der Waals surface area contributed by atoms with E-state index in [9.17, 15) is 18.0 Å². The lowest BCUT2D eigenvalue weighted by atomic mass is 9.96. The van der Waals surface area contributed by atoms with Gasteiger partial charge in [0.05, 0.1) is 10.5 Å². The zero-order valence-corrected chi connectivity index (χ0v) is 16.8. The van der Waals surface area contributed by atoms with Crippen LogP contribution in [0.2, 0.25) is 0 Å². The molecule has 2 aromatic carbocycles. The monoisotopic (exact) mass is 389 g/mol. The number of rotatable bonds is 6. The highest BCUT2D eigenvalue weighted by atomic mass is 32.2. The molecule has 0 aliphatic rings. The largest absolute Gasteiger partial charge is 0.451 e. The number of benzene rings is 2. The molecule has 0 fully saturated rings. The van der Waals surface area contributed by atoms with E-state index in [1.165, 1.54) is 38.2 Å². The first kappa shape index (κ1) is 20.8. The third-order valence-corrected chi connectivity index (χ3v) is 5.82.